The summed E-state index contributed by atoms with van der Waals surface area (Å²) in [6.45, 7) is -2.34. The van der Waals surface area contributed by atoms with Gasteiger partial charge in [0.2, 0.25) is 10.0 Å². The number of halogens is 2. The topological polar surface area (TPSA) is 114 Å². The molecule has 0 unspecified atom stereocenters. The van der Waals surface area contributed by atoms with Crippen molar-refractivity contribution in [3.05, 3.63) is 35.8 Å². The molecule has 1 N–H and O–H groups in total. The first kappa shape index (κ1) is 21.9. The van der Waals surface area contributed by atoms with E-state index in [0.717, 1.165) is 55.4 Å². The third kappa shape index (κ3) is 3.87. The molecule has 8 nitrogen and oxygen atoms in total. The number of fused-ring (bicyclic) bond motifs is 1. The van der Waals surface area contributed by atoms with Gasteiger partial charge in [0.05, 0.1) is 24.0 Å². The van der Waals surface area contributed by atoms with Crippen LogP contribution in [0.5, 0.6) is 0 Å². The monoisotopic (exact) mass is 472 g/mol. The Labute approximate surface area is 189 Å². The van der Waals surface area contributed by atoms with Crippen LogP contribution in [-0.4, -0.2) is 47.3 Å². The number of pyridine rings is 1. The average Bonchev–Trinajstić information content (AvgIpc) is 3.59. The molecule has 2 aliphatic rings. The van der Waals surface area contributed by atoms with E-state index < -0.39 is 29.4 Å². The molecule has 0 amide bonds. The Morgan fingerprint density at radius 3 is 2.36 bits per heavy atom. The lowest BCUT2D eigenvalue weighted by molar-refractivity contribution is 0.322. The van der Waals surface area contributed by atoms with Crippen LogP contribution in [-0.2, 0) is 10.0 Å². The van der Waals surface area contributed by atoms with Crippen LogP contribution >= 0.6 is 0 Å². The van der Waals surface area contributed by atoms with Crippen LogP contribution in [0.3, 0.4) is 0 Å². The van der Waals surface area contributed by atoms with E-state index in [1.165, 1.54) is 0 Å². The standard InChI is InChI=1S/C22H22F2N6O2S/c23-7-15(8-24)29-33(31,32)17-11-26-21(27-12-17)20-19(9-25)18-6-14(13-4-5-13)10-28-22(18)30(20)16-2-1-3-16/h6,10-13,15-16,29H,1-5,7-8H2. The molecule has 0 bridgehead atoms. The summed E-state index contributed by atoms with van der Waals surface area (Å²) in [6, 6.07) is 2.99. The second-order valence-corrected chi connectivity index (χ2v) is 10.3. The van der Waals surface area contributed by atoms with Gasteiger partial charge in [-0.1, -0.05) is 0 Å². The highest BCUT2D eigenvalue weighted by Crippen LogP contribution is 2.44. The van der Waals surface area contributed by atoms with Gasteiger partial charge in [-0.15, -0.1) is 0 Å². The molecule has 33 heavy (non-hydrogen) atoms. The molecule has 0 aliphatic heterocycles. The van der Waals surface area contributed by atoms with Crippen molar-refractivity contribution in [1.82, 2.24) is 24.2 Å². The molecule has 3 aromatic rings. The van der Waals surface area contributed by atoms with E-state index in [4.69, 9.17) is 0 Å². The van der Waals surface area contributed by atoms with Gasteiger partial charge in [-0.2, -0.15) is 5.26 Å². The summed E-state index contributed by atoms with van der Waals surface area (Å²) in [5.74, 6) is 0.686. The highest BCUT2D eigenvalue weighted by atomic mass is 32.2. The zero-order valence-corrected chi connectivity index (χ0v) is 18.5. The fraction of sp³-hybridized carbons (Fsp3) is 0.455. The molecule has 2 aliphatic carbocycles. The van der Waals surface area contributed by atoms with Crippen molar-refractivity contribution >= 4 is 21.1 Å². The fourth-order valence-corrected chi connectivity index (χ4v) is 5.23. The van der Waals surface area contributed by atoms with Gasteiger partial charge < -0.3 is 4.57 Å². The first-order valence-electron chi connectivity index (χ1n) is 10.9. The smallest absolute Gasteiger partial charge is 0.244 e. The summed E-state index contributed by atoms with van der Waals surface area (Å²) in [4.78, 5) is 12.8. The molecule has 5 rings (SSSR count). The van der Waals surface area contributed by atoms with Crippen molar-refractivity contribution in [1.29, 1.82) is 5.26 Å². The van der Waals surface area contributed by atoms with Crippen molar-refractivity contribution in [2.45, 2.75) is 55.0 Å². The predicted molar refractivity (Wildman–Crippen MR) is 116 cm³/mol. The molecular weight excluding hydrogens is 450 g/mol. The minimum atomic E-state index is -4.19. The van der Waals surface area contributed by atoms with Gasteiger partial charge in [0, 0.05) is 17.6 Å². The third-order valence-corrected chi connectivity index (χ3v) is 7.78. The molecule has 2 saturated carbocycles. The quantitative estimate of drug-likeness (QED) is 0.536. The molecule has 11 heteroatoms. The van der Waals surface area contributed by atoms with E-state index in [0.29, 0.717) is 22.8 Å². The predicted octanol–water partition coefficient (Wildman–Crippen LogP) is 3.55. The minimum absolute atomic E-state index is 0.160. The number of sulfonamides is 1. The molecule has 0 atom stereocenters. The Morgan fingerprint density at radius 2 is 1.82 bits per heavy atom. The van der Waals surface area contributed by atoms with Crippen LogP contribution < -0.4 is 4.72 Å². The van der Waals surface area contributed by atoms with E-state index >= 15 is 0 Å². The summed E-state index contributed by atoms with van der Waals surface area (Å²) in [6.07, 6.45) is 9.23. The van der Waals surface area contributed by atoms with Gasteiger partial charge in [-0.25, -0.2) is 36.9 Å². The average molecular weight is 473 g/mol. The minimum Gasteiger partial charge on any atom is -0.318 e. The van der Waals surface area contributed by atoms with Gasteiger partial charge in [0.1, 0.15) is 35.7 Å². The lowest BCUT2D eigenvalue weighted by Crippen LogP contribution is -2.38. The summed E-state index contributed by atoms with van der Waals surface area (Å²) in [5, 5.41) is 10.8. The normalized spacial score (nSPS) is 16.8. The van der Waals surface area contributed by atoms with Crippen LogP contribution in [0.4, 0.5) is 8.78 Å². The molecule has 0 saturated heterocycles. The maximum absolute atomic E-state index is 12.8. The zero-order valence-electron chi connectivity index (χ0n) is 17.7. The van der Waals surface area contributed by atoms with Crippen LogP contribution in [0.25, 0.3) is 22.6 Å². The Morgan fingerprint density at radius 1 is 1.12 bits per heavy atom. The number of rotatable bonds is 8. The number of nitriles is 1. The van der Waals surface area contributed by atoms with Crippen LogP contribution in [0, 0.1) is 11.3 Å². The second kappa shape index (κ2) is 8.43. The summed E-state index contributed by atoms with van der Waals surface area (Å²) in [5.41, 5.74) is 2.74. The first-order chi connectivity index (χ1) is 16.0. The van der Waals surface area contributed by atoms with E-state index in [1.54, 1.807) is 0 Å². The maximum Gasteiger partial charge on any atom is 0.244 e. The molecule has 2 fully saturated rings. The van der Waals surface area contributed by atoms with E-state index in [9.17, 15) is 22.5 Å². The third-order valence-electron chi connectivity index (χ3n) is 6.31. The Kier molecular flexibility index (Phi) is 5.58. The lowest BCUT2D eigenvalue weighted by atomic mass is 9.92. The van der Waals surface area contributed by atoms with Gasteiger partial charge in [-0.05, 0) is 49.7 Å². The molecule has 3 aromatic heterocycles. The number of nitrogens with one attached hydrogen (secondary N) is 1. The number of aromatic nitrogens is 4. The number of alkyl halides is 2. The largest absolute Gasteiger partial charge is 0.318 e. The van der Waals surface area contributed by atoms with Gasteiger partial charge in [0.25, 0.3) is 0 Å². The number of hydrogen-bond donors (Lipinski definition) is 1. The molecule has 0 aromatic carbocycles. The Balaban J connectivity index is 1.60. The Hall–Kier alpha value is -2.97. The summed E-state index contributed by atoms with van der Waals surface area (Å²) in [7, 11) is -4.19. The number of nitrogens with zero attached hydrogens (tertiary/aromatic N) is 5. The first-order valence-corrected chi connectivity index (χ1v) is 12.4. The van der Waals surface area contributed by atoms with Gasteiger partial charge in [-0.3, -0.25) is 0 Å². The van der Waals surface area contributed by atoms with Crippen LogP contribution in [0.1, 0.15) is 55.2 Å². The summed E-state index contributed by atoms with van der Waals surface area (Å²) < 4.78 is 54.3. The highest BCUT2D eigenvalue weighted by Gasteiger charge is 2.32. The Bertz CT molecular complexity index is 1340. The van der Waals surface area contributed by atoms with Gasteiger partial charge in [0.15, 0.2) is 5.82 Å². The lowest BCUT2D eigenvalue weighted by Gasteiger charge is -2.29. The van der Waals surface area contributed by atoms with E-state index in [1.807, 2.05) is 21.6 Å². The van der Waals surface area contributed by atoms with Crippen molar-refractivity contribution in [2.24, 2.45) is 0 Å². The molecule has 3 heterocycles. The van der Waals surface area contributed by atoms with Crippen molar-refractivity contribution in [3.8, 4) is 17.6 Å². The SMILES string of the molecule is N#Cc1c(-c2ncc(S(=O)(=O)NC(CF)CF)cn2)n(C2CCC2)c2ncc(C3CC3)cc12. The van der Waals surface area contributed by atoms with E-state index in [-0.39, 0.29) is 16.8 Å². The molecule has 0 radical (unpaired) electrons. The molecular formula is C22H22F2N6O2S. The van der Waals surface area contributed by atoms with Crippen molar-refractivity contribution in [2.75, 3.05) is 13.3 Å². The van der Waals surface area contributed by atoms with Crippen LogP contribution in [0.2, 0.25) is 0 Å². The zero-order chi connectivity index (χ0) is 23.2. The molecule has 0 spiro atoms. The van der Waals surface area contributed by atoms with E-state index in [2.05, 4.69) is 21.0 Å². The second-order valence-electron chi connectivity index (χ2n) is 8.57. The van der Waals surface area contributed by atoms with Crippen molar-refractivity contribution in [3.63, 3.8) is 0 Å². The van der Waals surface area contributed by atoms with Crippen LogP contribution in [0.15, 0.2) is 29.6 Å². The van der Waals surface area contributed by atoms with Crippen molar-refractivity contribution < 1.29 is 17.2 Å². The van der Waals surface area contributed by atoms with Gasteiger partial charge >= 0.3 is 0 Å². The molecule has 172 valence electrons. The number of hydrogen-bond acceptors (Lipinski definition) is 6. The summed E-state index contributed by atoms with van der Waals surface area (Å²) >= 11 is 0. The fourth-order valence-electron chi connectivity index (χ4n) is 4.15. The highest BCUT2D eigenvalue weighted by molar-refractivity contribution is 7.89. The maximum atomic E-state index is 12.8.